The summed E-state index contributed by atoms with van der Waals surface area (Å²) >= 11 is 0. The van der Waals surface area contributed by atoms with Gasteiger partial charge in [0.2, 0.25) is 0 Å². The second-order valence-corrected chi connectivity index (χ2v) is 10.9. The largest absolute Gasteiger partial charge is 0.386 e. The van der Waals surface area contributed by atoms with Crippen molar-refractivity contribution in [1.29, 1.82) is 0 Å². The van der Waals surface area contributed by atoms with Gasteiger partial charge >= 0.3 is 5.69 Å². The molecule has 1 unspecified atom stereocenters. The van der Waals surface area contributed by atoms with Gasteiger partial charge in [-0.1, -0.05) is 36.4 Å². The van der Waals surface area contributed by atoms with E-state index in [9.17, 15) is 24.2 Å². The van der Waals surface area contributed by atoms with Gasteiger partial charge in [-0.3, -0.25) is 9.36 Å². The Kier molecular flexibility index (Phi) is 6.46. The van der Waals surface area contributed by atoms with Crippen molar-refractivity contribution in [2.24, 2.45) is 5.73 Å². The number of aromatic amines is 1. The molecule has 0 fully saturated rings. The smallest absolute Gasteiger partial charge is 0.340 e. The Bertz CT molecular complexity index is 2120. The van der Waals surface area contributed by atoms with Crippen molar-refractivity contribution >= 4 is 21.8 Å². The summed E-state index contributed by atoms with van der Waals surface area (Å²) in [6, 6.07) is 21.4. The first-order chi connectivity index (χ1) is 20.0. The van der Waals surface area contributed by atoms with Gasteiger partial charge in [0.05, 0.1) is 22.5 Å². The number of nitrogens with two attached hydrogens (primary N) is 1. The zero-order valence-corrected chi connectivity index (χ0v) is 23.2. The Morgan fingerprint density at radius 1 is 0.952 bits per heavy atom. The highest BCUT2D eigenvalue weighted by molar-refractivity contribution is 6.15. The van der Waals surface area contributed by atoms with Crippen molar-refractivity contribution in [3.63, 3.8) is 0 Å². The fraction of sp³-hybridized carbons (Fsp3) is 0.152. The van der Waals surface area contributed by atoms with Crippen molar-refractivity contribution < 1.29 is 14.6 Å². The Morgan fingerprint density at radius 3 is 2.38 bits per heavy atom. The maximum Gasteiger partial charge on any atom is 0.340 e. The van der Waals surface area contributed by atoms with Gasteiger partial charge in [-0.25, -0.2) is 13.8 Å². The van der Waals surface area contributed by atoms with E-state index in [1.165, 1.54) is 41.1 Å². The fourth-order valence-electron chi connectivity index (χ4n) is 5.54. The predicted octanol–water partition coefficient (Wildman–Crippen LogP) is 4.91. The average Bonchev–Trinajstić information content (AvgIpc) is 3.33. The summed E-state index contributed by atoms with van der Waals surface area (Å²) in [6.07, 6.45) is 0.144. The number of nitrogens with zero attached hydrogens (tertiary/aromatic N) is 2. The number of halogens is 1. The van der Waals surface area contributed by atoms with Crippen LogP contribution >= 0.6 is 0 Å². The lowest BCUT2D eigenvalue weighted by atomic mass is 9.92. The Morgan fingerprint density at radius 2 is 1.69 bits per heavy atom. The molecule has 2 aromatic heterocycles. The molecule has 6 rings (SSSR count). The summed E-state index contributed by atoms with van der Waals surface area (Å²) in [7, 11) is 0. The summed E-state index contributed by atoms with van der Waals surface area (Å²) < 4.78 is 15.9. The van der Waals surface area contributed by atoms with Crippen LogP contribution in [-0.2, 0) is 5.60 Å². The number of fused-ring (bicyclic) bond motifs is 3. The molecule has 1 atom stereocenters. The topological polar surface area (TPSA) is 126 Å². The molecule has 4 aromatic carbocycles. The van der Waals surface area contributed by atoms with Gasteiger partial charge in [-0.05, 0) is 79.4 Å². The summed E-state index contributed by atoms with van der Waals surface area (Å²) in [6.45, 7) is 5.26. The molecule has 0 spiro atoms. The van der Waals surface area contributed by atoms with E-state index in [0.29, 0.717) is 28.0 Å². The second kappa shape index (κ2) is 9.92. The van der Waals surface area contributed by atoms with Crippen LogP contribution in [0.2, 0.25) is 0 Å². The normalized spacial score (nSPS) is 12.7. The first-order valence-electron chi connectivity index (χ1n) is 13.4. The zero-order chi connectivity index (χ0) is 29.9. The zero-order valence-electron chi connectivity index (χ0n) is 23.2. The number of aliphatic hydroxyl groups is 2. The van der Waals surface area contributed by atoms with Crippen LogP contribution in [0.1, 0.15) is 36.8 Å². The van der Waals surface area contributed by atoms with Gasteiger partial charge < -0.3 is 20.9 Å². The molecule has 212 valence electrons. The highest BCUT2D eigenvalue weighted by Gasteiger charge is 2.22. The number of rotatable bonds is 5. The van der Waals surface area contributed by atoms with E-state index < -0.39 is 28.9 Å². The van der Waals surface area contributed by atoms with E-state index in [4.69, 9.17) is 5.73 Å². The maximum absolute atomic E-state index is 13.6. The fourth-order valence-corrected chi connectivity index (χ4v) is 5.54. The second-order valence-electron chi connectivity index (χ2n) is 10.9. The maximum atomic E-state index is 13.6. The van der Waals surface area contributed by atoms with Gasteiger partial charge in [0.15, 0.2) is 0 Å². The molecule has 8 nitrogen and oxygen atoms in total. The van der Waals surface area contributed by atoms with Crippen LogP contribution in [0.15, 0.2) is 94.6 Å². The first-order valence-corrected chi connectivity index (χ1v) is 13.4. The highest BCUT2D eigenvalue weighted by Crippen LogP contribution is 2.40. The Balaban J connectivity index is 1.60. The molecular weight excluding hydrogens is 535 g/mol. The lowest BCUT2D eigenvalue weighted by Gasteiger charge is -2.18. The Labute approximate surface area is 239 Å². The van der Waals surface area contributed by atoms with Crippen molar-refractivity contribution in [1.82, 2.24) is 14.1 Å². The number of H-pyrrole nitrogens is 1. The minimum atomic E-state index is -1.23. The predicted molar refractivity (Wildman–Crippen MR) is 162 cm³/mol. The molecule has 0 saturated heterocycles. The summed E-state index contributed by atoms with van der Waals surface area (Å²) in [5.74, 6) is -0.434. The summed E-state index contributed by atoms with van der Waals surface area (Å²) in [5.41, 5.74) is 9.48. The number of aliphatic hydroxyl groups excluding tert-OH is 1. The molecule has 5 N–H and O–H groups in total. The lowest BCUT2D eigenvalue weighted by Crippen LogP contribution is -2.37. The molecule has 0 radical (unpaired) electrons. The van der Waals surface area contributed by atoms with E-state index >= 15 is 0 Å². The molecule has 0 aliphatic rings. The number of hydrogen-bond donors (Lipinski definition) is 4. The van der Waals surface area contributed by atoms with Crippen LogP contribution in [0.5, 0.6) is 0 Å². The van der Waals surface area contributed by atoms with Crippen LogP contribution in [0.25, 0.3) is 44.3 Å². The van der Waals surface area contributed by atoms with Gasteiger partial charge in [0.1, 0.15) is 12.0 Å². The first kappa shape index (κ1) is 27.3. The molecule has 0 amide bonds. The van der Waals surface area contributed by atoms with Gasteiger partial charge in [-0.15, -0.1) is 0 Å². The van der Waals surface area contributed by atoms with Crippen molar-refractivity contribution in [2.45, 2.75) is 32.6 Å². The molecule has 0 bridgehead atoms. The van der Waals surface area contributed by atoms with Gasteiger partial charge in [0, 0.05) is 34.1 Å². The van der Waals surface area contributed by atoms with Crippen LogP contribution < -0.4 is 17.0 Å². The highest BCUT2D eigenvalue weighted by atomic mass is 19.1. The molecule has 42 heavy (non-hydrogen) atoms. The van der Waals surface area contributed by atoms with E-state index in [0.717, 1.165) is 37.5 Å². The van der Waals surface area contributed by atoms with Gasteiger partial charge in [0.25, 0.3) is 5.56 Å². The monoisotopic (exact) mass is 564 g/mol. The quantitative estimate of drug-likeness (QED) is 0.221. The van der Waals surface area contributed by atoms with E-state index in [1.54, 1.807) is 32.0 Å². The lowest BCUT2D eigenvalue weighted by molar-refractivity contribution is 0.0787. The van der Waals surface area contributed by atoms with Crippen LogP contribution in [0.4, 0.5) is 4.39 Å². The molecular formula is C33H29FN4O4. The van der Waals surface area contributed by atoms with Crippen molar-refractivity contribution in [2.75, 3.05) is 0 Å². The van der Waals surface area contributed by atoms with Crippen LogP contribution in [0.3, 0.4) is 0 Å². The minimum absolute atomic E-state index is 0.402. The number of aromatic nitrogens is 3. The third-order valence-electron chi connectivity index (χ3n) is 7.74. The molecule has 6 aromatic rings. The van der Waals surface area contributed by atoms with Crippen LogP contribution in [-0.4, -0.2) is 24.3 Å². The molecule has 0 aliphatic heterocycles. The van der Waals surface area contributed by atoms with Crippen molar-refractivity contribution in [3.05, 3.63) is 128 Å². The number of hydrogen-bond acceptors (Lipinski definition) is 5. The summed E-state index contributed by atoms with van der Waals surface area (Å²) in [4.78, 5) is 30.1. The van der Waals surface area contributed by atoms with E-state index in [2.05, 4.69) is 4.98 Å². The molecule has 9 heteroatoms. The van der Waals surface area contributed by atoms with Gasteiger partial charge in [-0.2, -0.15) is 0 Å². The van der Waals surface area contributed by atoms with E-state index in [1.807, 2.05) is 37.3 Å². The number of nitrogens with one attached hydrogen (secondary N) is 1. The summed E-state index contributed by atoms with van der Waals surface area (Å²) in [5, 5.41) is 22.6. The molecule has 0 saturated carbocycles. The third kappa shape index (κ3) is 4.44. The molecule has 2 heterocycles. The number of benzene rings is 4. The minimum Gasteiger partial charge on any atom is -0.386 e. The van der Waals surface area contributed by atoms with E-state index in [-0.39, 0.29) is 0 Å². The Hall–Kier alpha value is -4.83. The van der Waals surface area contributed by atoms with Crippen LogP contribution in [0, 0.1) is 12.7 Å². The standard InChI is InChI=1S/C33H29FN4O4/c1-18-22(5-4-6-27(18)38-28(39)15-16-37(32(38)41)21-10-8-20(34)9-11-21)23-13-14-25(31(35)40)30-29(23)24-12-7-19(33(2,3)42)17-26(24)36-30/h4-17,31,36,40,42H,35H2,1-3H3. The van der Waals surface area contributed by atoms with Crippen molar-refractivity contribution in [3.8, 4) is 22.5 Å². The average molecular weight is 565 g/mol. The SMILES string of the molecule is Cc1c(-c2ccc(C(N)O)c3[nH]c4cc(C(C)(C)O)ccc4c23)cccc1-n1c(=O)ccn(-c2ccc(F)cc2)c1=O. The molecule has 0 aliphatic carbocycles. The third-order valence-corrected chi connectivity index (χ3v) is 7.74.